The second-order valence-electron chi connectivity index (χ2n) is 6.83. The minimum atomic E-state index is -0.110. The minimum Gasteiger partial charge on any atom is -0.490 e. The quantitative estimate of drug-likeness (QED) is 0.455. The van der Waals surface area contributed by atoms with Gasteiger partial charge in [-0.05, 0) is 69.0 Å². The number of hydrogen-bond donors (Lipinski definition) is 1. The van der Waals surface area contributed by atoms with Gasteiger partial charge in [-0.1, -0.05) is 0 Å². The Bertz CT molecular complexity index is 944. The summed E-state index contributed by atoms with van der Waals surface area (Å²) in [5.41, 5.74) is 2.65. The van der Waals surface area contributed by atoms with E-state index in [4.69, 9.17) is 9.47 Å². The van der Waals surface area contributed by atoms with Crippen LogP contribution in [0.1, 0.15) is 46.4 Å². The fourth-order valence-electron chi connectivity index (χ4n) is 2.90. The van der Waals surface area contributed by atoms with Crippen molar-refractivity contribution in [3.05, 3.63) is 69.9 Å². The minimum absolute atomic E-state index is 0.110. The van der Waals surface area contributed by atoms with E-state index in [1.54, 1.807) is 41.9 Å². The van der Waals surface area contributed by atoms with E-state index in [-0.39, 0.29) is 5.91 Å². The van der Waals surface area contributed by atoms with Gasteiger partial charge in [-0.2, -0.15) is 0 Å². The molecule has 2 heterocycles. The number of aromatic nitrogens is 2. The third-order valence-electron chi connectivity index (χ3n) is 4.42. The van der Waals surface area contributed by atoms with Crippen LogP contribution >= 0.6 is 11.3 Å². The number of aryl methyl sites for hydroxylation is 2. The van der Waals surface area contributed by atoms with Gasteiger partial charge in [-0.3, -0.25) is 9.78 Å². The van der Waals surface area contributed by atoms with Crippen LogP contribution in [0.3, 0.4) is 0 Å². The third kappa shape index (κ3) is 6.56. The van der Waals surface area contributed by atoms with Crippen molar-refractivity contribution in [3.8, 4) is 11.5 Å². The van der Waals surface area contributed by atoms with Gasteiger partial charge < -0.3 is 14.8 Å². The van der Waals surface area contributed by atoms with Crippen molar-refractivity contribution in [2.75, 3.05) is 13.2 Å². The molecule has 0 saturated carbocycles. The average molecular weight is 426 g/mol. The number of benzene rings is 1. The summed E-state index contributed by atoms with van der Waals surface area (Å²) in [5, 5.41) is 6.20. The second-order valence-corrected chi connectivity index (χ2v) is 7.78. The number of thiazole rings is 1. The molecule has 1 amide bonds. The van der Waals surface area contributed by atoms with Crippen molar-refractivity contribution in [3.63, 3.8) is 0 Å². The number of nitrogens with zero attached hydrogens (tertiary/aromatic N) is 2. The van der Waals surface area contributed by atoms with Crippen molar-refractivity contribution >= 4 is 17.2 Å². The van der Waals surface area contributed by atoms with Crippen LogP contribution in [-0.4, -0.2) is 29.0 Å². The molecule has 0 aliphatic heterocycles. The molecule has 0 radical (unpaired) electrons. The molecular weight excluding hydrogens is 398 g/mol. The topological polar surface area (TPSA) is 73.3 Å². The molecule has 0 atom stereocenters. The van der Waals surface area contributed by atoms with E-state index in [2.05, 4.69) is 20.7 Å². The number of rotatable bonds is 11. The monoisotopic (exact) mass is 425 g/mol. The first kappa shape index (κ1) is 21.8. The molecule has 0 bridgehead atoms. The van der Waals surface area contributed by atoms with Crippen molar-refractivity contribution in [2.24, 2.45) is 0 Å². The predicted octanol–water partition coefficient (Wildman–Crippen LogP) is 4.58. The van der Waals surface area contributed by atoms with Crippen LogP contribution in [0.5, 0.6) is 11.5 Å². The maximum atomic E-state index is 12.5. The van der Waals surface area contributed by atoms with Crippen LogP contribution in [0.2, 0.25) is 0 Å². The third-order valence-corrected chi connectivity index (χ3v) is 5.45. The molecule has 0 saturated heterocycles. The number of carbonyl (C=O) groups is 1. The highest BCUT2D eigenvalue weighted by atomic mass is 32.1. The Labute approximate surface area is 181 Å². The van der Waals surface area contributed by atoms with E-state index in [1.165, 1.54) is 0 Å². The van der Waals surface area contributed by atoms with Gasteiger partial charge in [-0.15, -0.1) is 11.3 Å². The SMILES string of the molecule is CCOc1cc(C(=O)NCCCCc2nc(C)cs2)ccc1OCc1ccncc1. The first-order valence-electron chi connectivity index (χ1n) is 10.1. The van der Waals surface area contributed by atoms with Gasteiger partial charge in [0.2, 0.25) is 0 Å². The maximum Gasteiger partial charge on any atom is 0.251 e. The summed E-state index contributed by atoms with van der Waals surface area (Å²) in [6.45, 7) is 5.45. The van der Waals surface area contributed by atoms with Gasteiger partial charge in [0.05, 0.1) is 11.6 Å². The number of pyridine rings is 1. The van der Waals surface area contributed by atoms with Crippen molar-refractivity contribution in [2.45, 2.75) is 39.7 Å². The number of unbranched alkanes of at least 4 members (excludes halogenated alkanes) is 1. The Hall–Kier alpha value is -2.93. The Balaban J connectivity index is 1.50. The zero-order chi connectivity index (χ0) is 21.2. The molecule has 158 valence electrons. The fourth-order valence-corrected chi connectivity index (χ4v) is 3.72. The summed E-state index contributed by atoms with van der Waals surface area (Å²) in [6.07, 6.45) is 6.32. The molecule has 1 aromatic carbocycles. The molecule has 3 aromatic rings. The highest BCUT2D eigenvalue weighted by Crippen LogP contribution is 2.29. The zero-order valence-electron chi connectivity index (χ0n) is 17.4. The van der Waals surface area contributed by atoms with E-state index in [1.807, 2.05) is 26.0 Å². The first-order chi connectivity index (χ1) is 14.7. The number of nitrogens with one attached hydrogen (secondary N) is 1. The Morgan fingerprint density at radius 1 is 1.10 bits per heavy atom. The van der Waals surface area contributed by atoms with E-state index in [0.29, 0.717) is 36.8 Å². The van der Waals surface area contributed by atoms with Gasteiger partial charge >= 0.3 is 0 Å². The van der Waals surface area contributed by atoms with E-state index >= 15 is 0 Å². The maximum absolute atomic E-state index is 12.5. The highest BCUT2D eigenvalue weighted by molar-refractivity contribution is 7.09. The zero-order valence-corrected chi connectivity index (χ0v) is 18.2. The molecule has 0 unspecified atom stereocenters. The lowest BCUT2D eigenvalue weighted by atomic mass is 10.1. The van der Waals surface area contributed by atoms with E-state index < -0.39 is 0 Å². The Morgan fingerprint density at radius 3 is 2.67 bits per heavy atom. The lowest BCUT2D eigenvalue weighted by Gasteiger charge is -2.13. The van der Waals surface area contributed by atoms with Crippen LogP contribution in [0.25, 0.3) is 0 Å². The van der Waals surface area contributed by atoms with Crippen molar-refractivity contribution in [1.29, 1.82) is 0 Å². The lowest BCUT2D eigenvalue weighted by molar-refractivity contribution is 0.0952. The molecule has 0 spiro atoms. The molecule has 0 aliphatic rings. The number of carbonyl (C=O) groups excluding carboxylic acids is 1. The van der Waals surface area contributed by atoms with Gasteiger partial charge in [0.1, 0.15) is 6.61 Å². The fraction of sp³-hybridized carbons (Fsp3) is 0.348. The van der Waals surface area contributed by atoms with E-state index in [9.17, 15) is 4.79 Å². The van der Waals surface area contributed by atoms with Crippen LogP contribution < -0.4 is 14.8 Å². The van der Waals surface area contributed by atoms with Gasteiger partial charge in [0.25, 0.3) is 5.91 Å². The molecule has 6 nitrogen and oxygen atoms in total. The molecule has 2 aromatic heterocycles. The molecule has 7 heteroatoms. The van der Waals surface area contributed by atoms with Crippen LogP contribution in [-0.2, 0) is 13.0 Å². The summed E-state index contributed by atoms with van der Waals surface area (Å²) in [4.78, 5) is 21.0. The molecule has 30 heavy (non-hydrogen) atoms. The Kier molecular flexibility index (Phi) is 8.20. The second kappa shape index (κ2) is 11.3. The van der Waals surface area contributed by atoms with Crippen LogP contribution in [0.15, 0.2) is 48.1 Å². The Morgan fingerprint density at radius 2 is 1.93 bits per heavy atom. The van der Waals surface area contributed by atoms with Crippen molar-refractivity contribution < 1.29 is 14.3 Å². The lowest BCUT2D eigenvalue weighted by Crippen LogP contribution is -2.24. The van der Waals surface area contributed by atoms with Crippen LogP contribution in [0.4, 0.5) is 0 Å². The van der Waals surface area contributed by atoms with Crippen molar-refractivity contribution in [1.82, 2.24) is 15.3 Å². The average Bonchev–Trinajstić information content (AvgIpc) is 3.18. The smallest absolute Gasteiger partial charge is 0.251 e. The summed E-state index contributed by atoms with van der Waals surface area (Å²) in [6, 6.07) is 9.08. The van der Waals surface area contributed by atoms with E-state index in [0.717, 1.165) is 35.5 Å². The summed E-state index contributed by atoms with van der Waals surface area (Å²) < 4.78 is 11.6. The molecule has 3 rings (SSSR count). The summed E-state index contributed by atoms with van der Waals surface area (Å²) in [7, 11) is 0. The number of hydrogen-bond acceptors (Lipinski definition) is 6. The highest BCUT2D eigenvalue weighted by Gasteiger charge is 2.12. The predicted molar refractivity (Wildman–Crippen MR) is 118 cm³/mol. The molecular formula is C23H27N3O3S. The molecule has 0 aliphatic carbocycles. The number of ether oxygens (including phenoxy) is 2. The largest absolute Gasteiger partial charge is 0.490 e. The van der Waals surface area contributed by atoms with Gasteiger partial charge in [0, 0.05) is 35.6 Å². The first-order valence-corrected chi connectivity index (χ1v) is 11.0. The standard InChI is InChI=1S/C23H27N3O3S/c1-3-28-21-14-19(7-8-20(21)29-15-18-9-12-24-13-10-18)23(27)25-11-5-4-6-22-26-17(2)16-30-22/h7-10,12-14,16H,3-6,11,15H2,1-2H3,(H,25,27). The summed E-state index contributed by atoms with van der Waals surface area (Å²) >= 11 is 1.69. The van der Waals surface area contributed by atoms with Gasteiger partial charge in [-0.25, -0.2) is 4.98 Å². The molecule has 1 N–H and O–H groups in total. The van der Waals surface area contributed by atoms with Gasteiger partial charge in [0.15, 0.2) is 11.5 Å². The summed E-state index contributed by atoms with van der Waals surface area (Å²) in [5.74, 6) is 1.07. The van der Waals surface area contributed by atoms with Crippen LogP contribution in [0, 0.1) is 6.92 Å². The number of amides is 1. The molecule has 0 fully saturated rings. The normalized spacial score (nSPS) is 10.6.